The minimum Gasteiger partial charge on any atom is -0.468 e. The van der Waals surface area contributed by atoms with Gasteiger partial charge in [0.1, 0.15) is 17.7 Å². The highest BCUT2D eigenvalue weighted by molar-refractivity contribution is 6.08. The third-order valence-electron chi connectivity index (χ3n) is 6.33. The Labute approximate surface area is 229 Å². The number of nitrogens with zero attached hydrogens (tertiary/aromatic N) is 1. The number of rotatable bonds is 9. The molecule has 8 nitrogen and oxygen atoms in total. The molecule has 0 bridgehead atoms. The highest BCUT2D eigenvalue weighted by atomic mass is 19.4. The maximum absolute atomic E-state index is 13.6. The van der Waals surface area contributed by atoms with E-state index < -0.39 is 41.6 Å². The van der Waals surface area contributed by atoms with Crippen LogP contribution in [0.15, 0.2) is 71.1 Å². The smallest absolute Gasteiger partial charge is 0.416 e. The van der Waals surface area contributed by atoms with E-state index in [1.54, 1.807) is 0 Å². The SMILES string of the molecule is CC1=C(Oc2cccc(C(F)(F)F)c2)C(Cc2ccc(C(F)(F)F)cc2)=C2C(=O)N(CCCOC=O)C(=O)NC2N1. The Morgan fingerprint density at radius 1 is 0.951 bits per heavy atom. The number of urea groups is 1. The lowest BCUT2D eigenvalue weighted by molar-refractivity contribution is -0.138. The van der Waals surface area contributed by atoms with Gasteiger partial charge in [0.2, 0.25) is 0 Å². The Bertz CT molecular complexity index is 1400. The standard InChI is InChI=1S/C27H23F6N3O5/c1-15-22(41-19-5-2-4-18(13-19)27(31,32)33)20(12-16-6-8-17(9-7-16)26(28,29)30)21-23(34-15)35-25(39)36(24(21)38)10-3-11-40-14-37/h2,4-9,13-14,23,34H,3,10-12H2,1H3,(H,35,39). The molecule has 0 aromatic heterocycles. The number of amides is 3. The summed E-state index contributed by atoms with van der Waals surface area (Å²) in [4.78, 5) is 37.6. The van der Waals surface area contributed by atoms with E-state index in [1.807, 2.05) is 0 Å². The fraction of sp³-hybridized carbons (Fsp3) is 0.296. The van der Waals surface area contributed by atoms with Gasteiger partial charge in [-0.3, -0.25) is 14.5 Å². The van der Waals surface area contributed by atoms with Gasteiger partial charge >= 0.3 is 18.4 Å². The minimum atomic E-state index is -4.65. The number of nitrogens with one attached hydrogen (secondary N) is 2. The fourth-order valence-corrected chi connectivity index (χ4v) is 4.42. The lowest BCUT2D eigenvalue weighted by Crippen LogP contribution is -2.62. The fourth-order valence-electron chi connectivity index (χ4n) is 4.42. The molecule has 41 heavy (non-hydrogen) atoms. The first-order valence-electron chi connectivity index (χ1n) is 12.2. The highest BCUT2D eigenvalue weighted by Gasteiger charge is 2.42. The van der Waals surface area contributed by atoms with E-state index in [4.69, 9.17) is 4.74 Å². The number of carbonyl (C=O) groups is 3. The summed E-state index contributed by atoms with van der Waals surface area (Å²) in [7, 11) is 0. The van der Waals surface area contributed by atoms with Crippen LogP contribution in [0.5, 0.6) is 5.75 Å². The summed E-state index contributed by atoms with van der Waals surface area (Å²) in [5, 5.41) is 5.54. The summed E-state index contributed by atoms with van der Waals surface area (Å²) in [6.07, 6.45) is -10.3. The molecule has 2 aromatic rings. The molecular weight excluding hydrogens is 560 g/mol. The normalized spacial score (nSPS) is 17.6. The molecule has 2 aromatic carbocycles. The average Bonchev–Trinajstić information content (AvgIpc) is 2.89. The number of alkyl halides is 6. The largest absolute Gasteiger partial charge is 0.468 e. The van der Waals surface area contributed by atoms with Crippen molar-refractivity contribution < 1.29 is 50.2 Å². The van der Waals surface area contributed by atoms with Crippen LogP contribution in [0, 0.1) is 0 Å². The summed E-state index contributed by atoms with van der Waals surface area (Å²) < 4.78 is 89.8. The molecule has 2 aliphatic rings. The summed E-state index contributed by atoms with van der Waals surface area (Å²) in [5.41, 5.74) is -1.11. The lowest BCUT2D eigenvalue weighted by Gasteiger charge is -2.39. The van der Waals surface area contributed by atoms with Crippen LogP contribution in [-0.2, 0) is 33.1 Å². The van der Waals surface area contributed by atoms with Crippen molar-refractivity contribution in [1.82, 2.24) is 15.5 Å². The van der Waals surface area contributed by atoms with Crippen LogP contribution in [-0.4, -0.2) is 42.6 Å². The number of allylic oxidation sites excluding steroid dienone is 2. The maximum Gasteiger partial charge on any atom is 0.416 e. The van der Waals surface area contributed by atoms with Crippen LogP contribution in [0.2, 0.25) is 0 Å². The van der Waals surface area contributed by atoms with Gasteiger partial charge in [-0.15, -0.1) is 0 Å². The van der Waals surface area contributed by atoms with Crippen LogP contribution in [0.3, 0.4) is 0 Å². The summed E-state index contributed by atoms with van der Waals surface area (Å²) in [6, 6.07) is 7.48. The predicted octanol–water partition coefficient (Wildman–Crippen LogP) is 4.92. The number of carbonyl (C=O) groups excluding carboxylic acids is 3. The van der Waals surface area contributed by atoms with Gasteiger partial charge in [-0.05, 0) is 49.2 Å². The van der Waals surface area contributed by atoms with Crippen molar-refractivity contribution >= 4 is 18.4 Å². The zero-order chi connectivity index (χ0) is 29.9. The van der Waals surface area contributed by atoms with Gasteiger partial charge < -0.3 is 20.1 Å². The van der Waals surface area contributed by atoms with Crippen LogP contribution in [0.25, 0.3) is 0 Å². The van der Waals surface area contributed by atoms with Crippen molar-refractivity contribution in [3.63, 3.8) is 0 Å². The van der Waals surface area contributed by atoms with Gasteiger partial charge in [0.25, 0.3) is 12.4 Å². The first-order chi connectivity index (χ1) is 19.3. The van der Waals surface area contributed by atoms with Crippen LogP contribution in [0.4, 0.5) is 31.1 Å². The van der Waals surface area contributed by atoms with E-state index in [9.17, 15) is 40.7 Å². The number of hydrogen-bond donors (Lipinski definition) is 2. The topological polar surface area (TPSA) is 97.0 Å². The number of fused-ring (bicyclic) bond motifs is 1. The zero-order valence-electron chi connectivity index (χ0n) is 21.4. The van der Waals surface area contributed by atoms with E-state index in [0.29, 0.717) is 5.56 Å². The van der Waals surface area contributed by atoms with Crippen LogP contribution >= 0.6 is 0 Å². The molecule has 1 atom stereocenters. The molecule has 2 N–H and O–H groups in total. The van der Waals surface area contributed by atoms with Crippen molar-refractivity contribution in [2.24, 2.45) is 0 Å². The molecule has 1 fully saturated rings. The van der Waals surface area contributed by atoms with E-state index in [1.165, 1.54) is 25.1 Å². The third-order valence-corrected chi connectivity index (χ3v) is 6.33. The molecule has 0 radical (unpaired) electrons. The second-order valence-corrected chi connectivity index (χ2v) is 9.15. The third kappa shape index (κ3) is 6.64. The molecule has 218 valence electrons. The van der Waals surface area contributed by atoms with E-state index in [-0.39, 0.29) is 60.8 Å². The Morgan fingerprint density at radius 3 is 2.27 bits per heavy atom. The Kier molecular flexibility index (Phi) is 8.31. The number of halogens is 6. The molecule has 2 heterocycles. The quantitative estimate of drug-likeness (QED) is 0.247. The summed E-state index contributed by atoms with van der Waals surface area (Å²) in [5.74, 6) is -0.976. The summed E-state index contributed by atoms with van der Waals surface area (Å²) in [6.45, 7) is 1.54. The lowest BCUT2D eigenvalue weighted by atomic mass is 9.90. The van der Waals surface area contributed by atoms with Crippen molar-refractivity contribution in [3.8, 4) is 5.75 Å². The first kappa shape index (κ1) is 29.5. The predicted molar refractivity (Wildman–Crippen MR) is 131 cm³/mol. The number of benzene rings is 2. The van der Waals surface area contributed by atoms with E-state index >= 15 is 0 Å². The minimum absolute atomic E-state index is 0.00613. The molecule has 0 saturated carbocycles. The second kappa shape index (κ2) is 11.6. The molecule has 1 saturated heterocycles. The monoisotopic (exact) mass is 583 g/mol. The van der Waals surface area contributed by atoms with E-state index in [2.05, 4.69) is 15.4 Å². The van der Waals surface area contributed by atoms with Crippen molar-refractivity contribution in [3.05, 3.63) is 87.8 Å². The second-order valence-electron chi connectivity index (χ2n) is 9.15. The van der Waals surface area contributed by atoms with Crippen LogP contribution in [0.1, 0.15) is 30.0 Å². The van der Waals surface area contributed by atoms with Crippen molar-refractivity contribution in [2.75, 3.05) is 13.2 Å². The highest BCUT2D eigenvalue weighted by Crippen LogP contribution is 2.36. The molecule has 4 rings (SSSR count). The molecule has 2 aliphatic heterocycles. The maximum atomic E-state index is 13.6. The van der Waals surface area contributed by atoms with Gasteiger partial charge in [0.05, 0.1) is 29.0 Å². The van der Waals surface area contributed by atoms with E-state index in [0.717, 1.165) is 35.2 Å². The molecule has 14 heteroatoms. The Hall–Kier alpha value is -4.49. The molecule has 1 unspecified atom stereocenters. The van der Waals surface area contributed by atoms with Crippen LogP contribution < -0.4 is 15.4 Å². The number of ether oxygens (including phenoxy) is 2. The molecule has 0 aliphatic carbocycles. The Balaban J connectivity index is 1.76. The first-order valence-corrected chi connectivity index (χ1v) is 12.2. The average molecular weight is 583 g/mol. The summed E-state index contributed by atoms with van der Waals surface area (Å²) >= 11 is 0. The van der Waals surface area contributed by atoms with Gasteiger partial charge in [-0.25, -0.2) is 4.79 Å². The zero-order valence-corrected chi connectivity index (χ0v) is 21.4. The van der Waals surface area contributed by atoms with Gasteiger partial charge in [0, 0.05) is 18.5 Å². The molecular formula is C27H23F6N3O5. The number of imide groups is 1. The Morgan fingerprint density at radius 2 is 1.63 bits per heavy atom. The van der Waals surface area contributed by atoms with Gasteiger partial charge in [0.15, 0.2) is 0 Å². The molecule has 3 amide bonds. The number of hydrogen-bond acceptors (Lipinski definition) is 6. The number of dihydropyridines is 1. The van der Waals surface area contributed by atoms with Gasteiger partial charge in [-0.1, -0.05) is 18.2 Å². The molecule has 0 spiro atoms. The van der Waals surface area contributed by atoms with Crippen molar-refractivity contribution in [1.29, 1.82) is 0 Å². The van der Waals surface area contributed by atoms with Crippen molar-refractivity contribution in [2.45, 2.75) is 38.3 Å². The van der Waals surface area contributed by atoms with Gasteiger partial charge in [-0.2, -0.15) is 26.3 Å².